The number of hydrogen-bond donors (Lipinski definition) is 6. The fourth-order valence-electron chi connectivity index (χ4n) is 4.80. The first-order valence-electron chi connectivity index (χ1n) is 15.6. The summed E-state index contributed by atoms with van der Waals surface area (Å²) in [6.45, 7) is 8.61. The van der Waals surface area contributed by atoms with Crippen molar-refractivity contribution >= 4 is 24.4 Å². The maximum Gasteiger partial charge on any atom is 0.411 e. The second-order valence-electron chi connectivity index (χ2n) is 11.6. The molecule has 0 saturated carbocycles. The Hall–Kier alpha value is -2.20. The minimum atomic E-state index is -1.43. The van der Waals surface area contributed by atoms with Gasteiger partial charge in [-0.1, -0.05) is 118 Å². The van der Waals surface area contributed by atoms with Crippen LogP contribution in [0, 0.1) is 11.8 Å². The van der Waals surface area contributed by atoms with E-state index in [4.69, 9.17) is 10.2 Å². The highest BCUT2D eigenvalue weighted by Crippen LogP contribution is 2.14. The van der Waals surface area contributed by atoms with Crippen LogP contribution in [0.15, 0.2) is 0 Å². The molecule has 0 radical (unpaired) electrons. The van der Waals surface area contributed by atoms with Gasteiger partial charge >= 0.3 is 12.2 Å². The number of nitrogens with one attached hydrogen (secondary N) is 4. The second kappa shape index (κ2) is 24.6. The molecule has 234 valence electrons. The van der Waals surface area contributed by atoms with E-state index in [1.54, 1.807) is 13.8 Å². The highest BCUT2D eigenvalue weighted by molar-refractivity contribution is 5.94. The molecule has 40 heavy (non-hydrogen) atoms. The lowest BCUT2D eigenvalue weighted by atomic mass is 10.0. The molecule has 0 bridgehead atoms. The first-order chi connectivity index (χ1) is 19.1. The molecule has 0 aliphatic rings. The van der Waals surface area contributed by atoms with Crippen LogP contribution in [0.1, 0.15) is 130 Å². The monoisotopic (exact) mass is 570 g/mol. The maximum atomic E-state index is 12.2. The number of carbonyl (C=O) groups is 4. The molecule has 0 aromatic rings. The molecule has 0 rings (SSSR count). The Morgan fingerprint density at radius 3 is 1.48 bits per heavy atom. The van der Waals surface area contributed by atoms with Crippen molar-refractivity contribution in [2.75, 3.05) is 6.54 Å². The van der Waals surface area contributed by atoms with E-state index in [-0.39, 0.29) is 12.0 Å². The lowest BCUT2D eigenvalue weighted by Crippen LogP contribution is -2.56. The Morgan fingerprint density at radius 2 is 1.10 bits per heavy atom. The van der Waals surface area contributed by atoms with Gasteiger partial charge in [-0.25, -0.2) is 9.59 Å². The molecule has 0 aliphatic carbocycles. The molecule has 0 aliphatic heterocycles. The van der Waals surface area contributed by atoms with Crippen LogP contribution in [0.4, 0.5) is 9.59 Å². The molecule has 0 aromatic heterocycles. The minimum Gasteiger partial charge on any atom is -0.465 e. The number of unbranched alkanes of at least 4 members (excludes halogenated alkanes) is 14. The summed E-state index contributed by atoms with van der Waals surface area (Å²) in [6, 6.07) is -0.828. The molecule has 10 heteroatoms. The van der Waals surface area contributed by atoms with Crippen molar-refractivity contribution in [2.45, 2.75) is 149 Å². The largest absolute Gasteiger partial charge is 0.465 e. The van der Waals surface area contributed by atoms with Gasteiger partial charge < -0.3 is 25.6 Å². The zero-order valence-electron chi connectivity index (χ0n) is 25.5. The topological polar surface area (TPSA) is 157 Å². The average Bonchev–Trinajstić information content (AvgIpc) is 2.87. The molecule has 0 fully saturated rings. The molecular formula is C30H58N4O6. The Balaban J connectivity index is 3.77. The number of carbonyl (C=O) groups excluding carboxylic acids is 2. The molecule has 0 saturated heterocycles. The van der Waals surface area contributed by atoms with Crippen LogP contribution >= 0.6 is 0 Å². The van der Waals surface area contributed by atoms with Gasteiger partial charge in [0, 0.05) is 0 Å². The van der Waals surface area contributed by atoms with Crippen LogP contribution in [0.2, 0.25) is 0 Å². The van der Waals surface area contributed by atoms with Crippen molar-refractivity contribution in [3.8, 4) is 0 Å². The summed E-state index contributed by atoms with van der Waals surface area (Å²) in [5.74, 6) is -0.538. The van der Waals surface area contributed by atoms with E-state index in [0.717, 1.165) is 38.5 Å². The molecule has 6 N–H and O–H groups in total. The van der Waals surface area contributed by atoms with Gasteiger partial charge in [-0.3, -0.25) is 15.4 Å². The maximum absolute atomic E-state index is 12.2. The fourth-order valence-corrected chi connectivity index (χ4v) is 4.80. The van der Waals surface area contributed by atoms with Crippen molar-refractivity contribution < 1.29 is 29.4 Å². The van der Waals surface area contributed by atoms with Gasteiger partial charge in [-0.15, -0.1) is 0 Å². The highest BCUT2D eigenvalue weighted by atomic mass is 16.4. The highest BCUT2D eigenvalue weighted by Gasteiger charge is 2.27. The van der Waals surface area contributed by atoms with Crippen molar-refractivity contribution in [1.82, 2.24) is 21.3 Å². The number of amides is 3. The smallest absolute Gasteiger partial charge is 0.411 e. The van der Waals surface area contributed by atoms with Gasteiger partial charge in [-0.2, -0.15) is 0 Å². The van der Waals surface area contributed by atoms with E-state index >= 15 is 0 Å². The van der Waals surface area contributed by atoms with E-state index in [1.165, 1.54) is 70.6 Å². The number of rotatable bonds is 26. The quantitative estimate of drug-likeness (QED) is 0.0417. The molecule has 3 amide bonds. The summed E-state index contributed by atoms with van der Waals surface area (Å²) >= 11 is 0. The van der Waals surface area contributed by atoms with E-state index in [0.29, 0.717) is 12.3 Å². The summed E-state index contributed by atoms with van der Waals surface area (Å²) in [5.41, 5.74) is 0. The molecule has 10 nitrogen and oxygen atoms in total. The molecule has 2 unspecified atom stereocenters. The van der Waals surface area contributed by atoms with Crippen molar-refractivity contribution in [1.29, 1.82) is 0 Å². The molecule has 3 atom stereocenters. The van der Waals surface area contributed by atoms with Gasteiger partial charge in [0.05, 0.1) is 18.2 Å². The SMILES string of the molecule is CC(C)C(C=O)NCCCCCCCCCCCCCCCCCC(NC(=O)O)N[C@H](C(=O)NC(=O)O)C(C)C. The average molecular weight is 571 g/mol. The van der Waals surface area contributed by atoms with Crippen LogP contribution in [-0.2, 0) is 9.59 Å². The summed E-state index contributed by atoms with van der Waals surface area (Å²) in [7, 11) is 0. The minimum absolute atomic E-state index is 0.0162. The first-order valence-corrected chi connectivity index (χ1v) is 15.6. The Kier molecular flexibility index (Phi) is 23.2. The van der Waals surface area contributed by atoms with E-state index in [9.17, 15) is 19.2 Å². The summed E-state index contributed by atoms with van der Waals surface area (Å²) in [4.78, 5) is 45.1. The zero-order chi connectivity index (χ0) is 30.2. The van der Waals surface area contributed by atoms with Gasteiger partial charge in [-0.05, 0) is 31.2 Å². The zero-order valence-corrected chi connectivity index (χ0v) is 25.5. The van der Waals surface area contributed by atoms with E-state index in [1.807, 2.05) is 5.32 Å². The van der Waals surface area contributed by atoms with E-state index in [2.05, 4.69) is 29.8 Å². The lowest BCUT2D eigenvalue weighted by Gasteiger charge is -2.27. The third kappa shape index (κ3) is 21.6. The second-order valence-corrected chi connectivity index (χ2v) is 11.6. The van der Waals surface area contributed by atoms with E-state index < -0.39 is 30.3 Å². The fraction of sp³-hybridized carbons (Fsp3) is 0.867. The van der Waals surface area contributed by atoms with Crippen molar-refractivity contribution in [3.05, 3.63) is 0 Å². The van der Waals surface area contributed by atoms with Gasteiger partial charge in [0.2, 0.25) is 5.91 Å². The standard InChI is InChI=1S/C30H58N4O6/c1-23(2)25(22-35)31-21-19-17-15-13-11-9-7-5-6-8-10-12-14-16-18-20-26(33-29(37)38)32-27(24(3)4)28(36)34-30(39)40/h22-27,31-33H,5-21H2,1-4H3,(H,34,36)(H,37,38)(H,39,40)/t25?,26?,27-/m0/s1. The third-order valence-corrected chi connectivity index (χ3v) is 7.27. The van der Waals surface area contributed by atoms with Gasteiger partial charge in [0.25, 0.3) is 0 Å². The van der Waals surface area contributed by atoms with Gasteiger partial charge in [0.1, 0.15) is 6.29 Å². The summed E-state index contributed by atoms with van der Waals surface area (Å²) < 4.78 is 0. The van der Waals surface area contributed by atoms with Crippen LogP contribution in [0.25, 0.3) is 0 Å². The van der Waals surface area contributed by atoms with Crippen molar-refractivity contribution in [3.63, 3.8) is 0 Å². The number of imide groups is 1. The summed E-state index contributed by atoms with van der Waals surface area (Å²) in [5, 5.41) is 28.5. The molecular weight excluding hydrogens is 512 g/mol. The molecule has 0 heterocycles. The third-order valence-electron chi connectivity index (χ3n) is 7.27. The molecule has 0 spiro atoms. The number of carboxylic acid groups (broad SMARTS) is 2. The number of hydrogen-bond acceptors (Lipinski definition) is 6. The molecule has 0 aromatic carbocycles. The lowest BCUT2D eigenvalue weighted by molar-refractivity contribution is -0.123. The first kappa shape index (κ1) is 37.8. The number of aldehydes is 1. The predicted octanol–water partition coefficient (Wildman–Crippen LogP) is 6.04. The summed E-state index contributed by atoms with van der Waals surface area (Å²) in [6.07, 6.45) is 16.3. The van der Waals surface area contributed by atoms with Crippen LogP contribution in [-0.4, -0.2) is 59.4 Å². The predicted molar refractivity (Wildman–Crippen MR) is 159 cm³/mol. The van der Waals surface area contributed by atoms with Crippen LogP contribution < -0.4 is 21.3 Å². The van der Waals surface area contributed by atoms with Gasteiger partial charge in [0.15, 0.2) is 0 Å². The Labute approximate surface area is 242 Å². The van der Waals surface area contributed by atoms with Crippen LogP contribution in [0.5, 0.6) is 0 Å². The normalized spacial score (nSPS) is 13.7. The Bertz CT molecular complexity index is 689. The van der Waals surface area contributed by atoms with Crippen molar-refractivity contribution in [2.24, 2.45) is 11.8 Å². The Morgan fingerprint density at radius 1 is 0.650 bits per heavy atom. The van der Waals surface area contributed by atoms with Crippen LogP contribution in [0.3, 0.4) is 0 Å².